The van der Waals surface area contributed by atoms with E-state index in [-0.39, 0.29) is 12.7 Å². The number of amides is 1. The topological polar surface area (TPSA) is 75.7 Å². The molecule has 8 nitrogen and oxygen atoms in total. The van der Waals surface area contributed by atoms with Crippen LogP contribution in [0.1, 0.15) is 26.2 Å². The van der Waals surface area contributed by atoms with E-state index in [1.807, 2.05) is 0 Å². The van der Waals surface area contributed by atoms with Gasteiger partial charge in [-0.1, -0.05) is 6.92 Å². The molecule has 9 heteroatoms. The van der Waals surface area contributed by atoms with Gasteiger partial charge in [0.2, 0.25) is 0 Å². The van der Waals surface area contributed by atoms with Crippen molar-refractivity contribution >= 4 is 18.7 Å². The summed E-state index contributed by atoms with van der Waals surface area (Å²) < 4.78 is 32.1. The monoisotopic (exact) mass is 423 g/mol. The Labute approximate surface area is 174 Å². The molecule has 0 bridgehead atoms. The minimum atomic E-state index is -0.269. The summed E-state index contributed by atoms with van der Waals surface area (Å²) in [5.74, 6) is 0. The van der Waals surface area contributed by atoms with Crippen molar-refractivity contribution in [1.82, 2.24) is 4.90 Å². The summed E-state index contributed by atoms with van der Waals surface area (Å²) in [6.45, 7) is 9.22. The van der Waals surface area contributed by atoms with Crippen LogP contribution in [0.5, 0.6) is 0 Å². The Balaban J connectivity index is 1.73. The van der Waals surface area contributed by atoms with Gasteiger partial charge in [0.15, 0.2) is 0 Å². The number of hydrogen-bond acceptors (Lipinski definition) is 8. The Morgan fingerprint density at radius 1 is 0.750 bits per heavy atom. The van der Waals surface area contributed by atoms with E-state index in [2.05, 4.69) is 19.6 Å². The van der Waals surface area contributed by atoms with Crippen LogP contribution in [0.25, 0.3) is 0 Å². The molecule has 0 aromatic heterocycles. The van der Waals surface area contributed by atoms with Crippen molar-refractivity contribution in [1.29, 1.82) is 0 Å². The van der Waals surface area contributed by atoms with Crippen LogP contribution in [0.3, 0.4) is 0 Å². The molecule has 1 rings (SSSR count). The molecule has 0 atom stereocenters. The highest BCUT2D eigenvalue weighted by Crippen LogP contribution is 2.15. The lowest BCUT2D eigenvalue weighted by Gasteiger charge is -2.28. The first-order valence-corrected chi connectivity index (χ1v) is 10.7. The molecule has 1 aliphatic heterocycles. The Morgan fingerprint density at radius 2 is 1.14 bits per heavy atom. The summed E-state index contributed by atoms with van der Waals surface area (Å²) in [4.78, 5) is 13.6. The van der Waals surface area contributed by atoms with Crippen molar-refractivity contribution < 1.29 is 33.2 Å². The van der Waals surface area contributed by atoms with Crippen molar-refractivity contribution in [3.05, 3.63) is 0 Å². The van der Waals surface area contributed by atoms with E-state index in [0.29, 0.717) is 77.8 Å². The van der Waals surface area contributed by atoms with E-state index in [1.54, 1.807) is 4.90 Å². The third-order valence-corrected chi connectivity index (χ3v) is 4.53. The van der Waals surface area contributed by atoms with Crippen LogP contribution in [0.4, 0.5) is 4.79 Å². The normalized spacial score (nSPS) is 15.1. The van der Waals surface area contributed by atoms with E-state index >= 15 is 0 Å². The second-order valence-corrected chi connectivity index (χ2v) is 7.12. The third-order valence-electron chi connectivity index (χ3n) is 4.01. The second-order valence-electron chi connectivity index (χ2n) is 6.39. The molecule has 0 aromatic rings. The van der Waals surface area contributed by atoms with Crippen molar-refractivity contribution in [2.45, 2.75) is 31.4 Å². The molecule has 0 aromatic carbocycles. The lowest BCUT2D eigenvalue weighted by Crippen LogP contribution is -2.39. The summed E-state index contributed by atoms with van der Waals surface area (Å²) in [6, 6.07) is 0. The molecule has 0 aliphatic carbocycles. The molecule has 0 saturated carbocycles. The second kappa shape index (κ2) is 18.4. The zero-order valence-corrected chi connectivity index (χ0v) is 18.0. The number of rotatable bonds is 17. The van der Waals surface area contributed by atoms with Crippen LogP contribution in [-0.4, -0.2) is 102 Å². The zero-order valence-electron chi connectivity index (χ0n) is 17.1. The lowest BCUT2D eigenvalue weighted by atomic mass is 10.1. The first kappa shape index (κ1) is 25.5. The number of thiol groups is 1. The first-order valence-electron chi connectivity index (χ1n) is 10.2. The standard InChI is InChI=1S/C19H37NO7S/c1-2-7-22-8-9-23-10-11-24-12-13-25-14-15-26-16-17-27-19(21)20-5-3-18(28)4-6-20/h18,28H,2-17H2,1H3. The fourth-order valence-corrected chi connectivity index (χ4v) is 2.68. The van der Waals surface area contributed by atoms with E-state index in [0.717, 1.165) is 25.9 Å². The van der Waals surface area contributed by atoms with Crippen LogP contribution >= 0.6 is 12.6 Å². The molecule has 28 heavy (non-hydrogen) atoms. The molecule has 1 heterocycles. The average Bonchev–Trinajstić information content (AvgIpc) is 2.70. The molecule has 0 N–H and O–H groups in total. The lowest BCUT2D eigenvalue weighted by molar-refractivity contribution is -0.0147. The largest absolute Gasteiger partial charge is 0.447 e. The SMILES string of the molecule is CCCOCCOCCOCCOCCOCCOC(=O)N1CCC(S)CC1. The molecule has 1 aliphatic rings. The number of nitrogens with zero attached hydrogens (tertiary/aromatic N) is 1. The van der Waals surface area contributed by atoms with Crippen LogP contribution in [-0.2, 0) is 28.4 Å². The van der Waals surface area contributed by atoms with Gasteiger partial charge >= 0.3 is 6.09 Å². The van der Waals surface area contributed by atoms with E-state index in [4.69, 9.17) is 28.4 Å². The van der Waals surface area contributed by atoms with Gasteiger partial charge in [-0.2, -0.15) is 12.6 Å². The Morgan fingerprint density at radius 3 is 1.57 bits per heavy atom. The highest BCUT2D eigenvalue weighted by molar-refractivity contribution is 7.80. The maximum atomic E-state index is 11.8. The van der Waals surface area contributed by atoms with Gasteiger partial charge in [-0.15, -0.1) is 0 Å². The quantitative estimate of drug-likeness (QED) is 0.283. The van der Waals surface area contributed by atoms with Crippen LogP contribution in [0.2, 0.25) is 0 Å². The predicted molar refractivity (Wildman–Crippen MR) is 109 cm³/mol. The molecular weight excluding hydrogens is 386 g/mol. The highest BCUT2D eigenvalue weighted by atomic mass is 32.1. The van der Waals surface area contributed by atoms with E-state index < -0.39 is 0 Å². The van der Waals surface area contributed by atoms with Crippen molar-refractivity contribution in [2.75, 3.05) is 85.8 Å². The van der Waals surface area contributed by atoms with Crippen LogP contribution < -0.4 is 0 Å². The zero-order chi connectivity index (χ0) is 20.3. The van der Waals surface area contributed by atoms with Crippen molar-refractivity contribution in [3.63, 3.8) is 0 Å². The third kappa shape index (κ3) is 14.4. The Kier molecular flexibility index (Phi) is 16.8. The van der Waals surface area contributed by atoms with E-state index in [9.17, 15) is 4.79 Å². The van der Waals surface area contributed by atoms with Gasteiger partial charge in [-0.05, 0) is 19.3 Å². The minimum Gasteiger partial charge on any atom is -0.447 e. The molecular formula is C19H37NO7S. The molecule has 0 radical (unpaired) electrons. The van der Waals surface area contributed by atoms with Gasteiger partial charge in [-0.3, -0.25) is 0 Å². The smallest absolute Gasteiger partial charge is 0.409 e. The van der Waals surface area contributed by atoms with Gasteiger partial charge in [0.1, 0.15) is 6.61 Å². The molecule has 1 saturated heterocycles. The summed E-state index contributed by atoms with van der Waals surface area (Å²) in [5.41, 5.74) is 0. The number of carbonyl (C=O) groups is 1. The van der Waals surface area contributed by atoms with Gasteiger partial charge < -0.3 is 33.3 Å². The fraction of sp³-hybridized carbons (Fsp3) is 0.947. The molecule has 0 spiro atoms. The van der Waals surface area contributed by atoms with Crippen molar-refractivity contribution in [3.8, 4) is 0 Å². The number of carbonyl (C=O) groups excluding carboxylic acids is 1. The number of likely N-dealkylation sites (tertiary alicyclic amines) is 1. The van der Waals surface area contributed by atoms with Gasteiger partial charge in [-0.25, -0.2) is 4.79 Å². The number of ether oxygens (including phenoxy) is 6. The summed E-state index contributed by atoms with van der Waals surface area (Å²) >= 11 is 4.41. The van der Waals surface area contributed by atoms with Crippen molar-refractivity contribution in [2.24, 2.45) is 0 Å². The molecule has 1 amide bonds. The van der Waals surface area contributed by atoms with Gasteiger partial charge in [0.05, 0.1) is 59.5 Å². The maximum absolute atomic E-state index is 11.8. The summed E-state index contributed by atoms with van der Waals surface area (Å²) in [5, 5.41) is 0.390. The highest BCUT2D eigenvalue weighted by Gasteiger charge is 2.21. The fourth-order valence-electron chi connectivity index (χ4n) is 2.45. The van der Waals surface area contributed by atoms with Gasteiger partial charge in [0.25, 0.3) is 0 Å². The average molecular weight is 424 g/mol. The van der Waals surface area contributed by atoms with Crippen LogP contribution in [0.15, 0.2) is 0 Å². The summed E-state index contributed by atoms with van der Waals surface area (Å²) in [7, 11) is 0. The Bertz CT molecular complexity index is 368. The summed E-state index contributed by atoms with van der Waals surface area (Å²) in [6.07, 6.45) is 2.58. The molecule has 0 unspecified atom stereocenters. The predicted octanol–water partition coefficient (Wildman–Crippen LogP) is 2.01. The maximum Gasteiger partial charge on any atom is 0.409 e. The minimum absolute atomic E-state index is 0.256. The number of piperidine rings is 1. The Hall–Kier alpha value is -0.580. The van der Waals surface area contributed by atoms with E-state index in [1.165, 1.54) is 0 Å². The number of hydrogen-bond donors (Lipinski definition) is 1. The first-order chi connectivity index (χ1) is 13.7. The van der Waals surface area contributed by atoms with Crippen LogP contribution in [0, 0.1) is 0 Å². The molecule has 1 fully saturated rings. The van der Waals surface area contributed by atoms with Gasteiger partial charge in [0, 0.05) is 24.9 Å². The molecule has 166 valence electrons.